The molecule has 1 aromatic heterocycles. The number of ether oxygens (including phenoxy) is 1. The molecule has 0 bridgehead atoms. The van der Waals surface area contributed by atoms with Gasteiger partial charge < -0.3 is 9.84 Å². The molecular formula is C12H9BrFNO2. The summed E-state index contributed by atoms with van der Waals surface area (Å²) in [6.07, 6.45) is 1.45. The van der Waals surface area contributed by atoms with Gasteiger partial charge in [-0.2, -0.15) is 0 Å². The molecule has 0 spiro atoms. The van der Waals surface area contributed by atoms with Crippen molar-refractivity contribution in [3.8, 4) is 11.6 Å². The maximum atomic E-state index is 13.5. The minimum atomic E-state index is -0.547. The zero-order valence-electron chi connectivity index (χ0n) is 8.73. The second kappa shape index (κ2) is 5.25. The number of aliphatic hydroxyl groups is 1. The van der Waals surface area contributed by atoms with E-state index < -0.39 is 5.82 Å². The highest BCUT2D eigenvalue weighted by Crippen LogP contribution is 2.24. The highest BCUT2D eigenvalue weighted by atomic mass is 79.9. The molecule has 0 amide bonds. The van der Waals surface area contributed by atoms with E-state index in [1.807, 2.05) is 0 Å². The summed E-state index contributed by atoms with van der Waals surface area (Å²) in [7, 11) is 0. The minimum Gasteiger partial charge on any atom is -0.436 e. The standard InChI is InChI=1S/C12H9BrFNO2/c13-9-5-11(14)12(15-6-9)17-10-3-1-2-8(4-10)7-16/h1-6,16H,7H2. The Kier molecular flexibility index (Phi) is 3.71. The summed E-state index contributed by atoms with van der Waals surface area (Å²) in [5.74, 6) is -0.206. The Labute approximate surface area is 106 Å². The van der Waals surface area contributed by atoms with E-state index in [0.29, 0.717) is 15.8 Å². The number of aromatic nitrogens is 1. The molecule has 5 heteroatoms. The number of nitrogens with zero attached hydrogens (tertiary/aromatic N) is 1. The molecule has 0 aliphatic carbocycles. The predicted octanol–water partition coefficient (Wildman–Crippen LogP) is 3.27. The van der Waals surface area contributed by atoms with Crippen LogP contribution in [0.25, 0.3) is 0 Å². The van der Waals surface area contributed by atoms with E-state index in [1.165, 1.54) is 12.3 Å². The quantitative estimate of drug-likeness (QED) is 0.945. The van der Waals surface area contributed by atoms with Crippen LogP contribution in [-0.4, -0.2) is 10.1 Å². The zero-order valence-corrected chi connectivity index (χ0v) is 10.3. The Bertz CT molecular complexity index is 534. The highest BCUT2D eigenvalue weighted by Gasteiger charge is 2.07. The Morgan fingerprint density at radius 3 is 2.88 bits per heavy atom. The molecule has 1 heterocycles. The molecule has 2 aromatic rings. The summed E-state index contributed by atoms with van der Waals surface area (Å²) in [5.41, 5.74) is 0.694. The van der Waals surface area contributed by atoms with Crippen LogP contribution < -0.4 is 4.74 Å². The molecule has 3 nitrogen and oxygen atoms in total. The number of aliphatic hydroxyl groups excluding tert-OH is 1. The van der Waals surface area contributed by atoms with Gasteiger partial charge in [-0.1, -0.05) is 12.1 Å². The second-order valence-electron chi connectivity index (χ2n) is 3.35. The van der Waals surface area contributed by atoms with Gasteiger partial charge in [0.05, 0.1) is 6.61 Å². The summed E-state index contributed by atoms with van der Waals surface area (Å²) >= 11 is 3.11. The normalized spacial score (nSPS) is 10.3. The Hall–Kier alpha value is -1.46. The molecule has 0 aliphatic heterocycles. The van der Waals surface area contributed by atoms with E-state index >= 15 is 0 Å². The van der Waals surface area contributed by atoms with Crippen molar-refractivity contribution in [2.45, 2.75) is 6.61 Å². The molecule has 0 aliphatic rings. The molecule has 0 saturated heterocycles. The second-order valence-corrected chi connectivity index (χ2v) is 4.26. The summed E-state index contributed by atoms with van der Waals surface area (Å²) in [4.78, 5) is 3.82. The van der Waals surface area contributed by atoms with Crippen molar-refractivity contribution in [3.05, 3.63) is 52.4 Å². The Balaban J connectivity index is 2.25. The number of hydrogen-bond donors (Lipinski definition) is 1. The van der Waals surface area contributed by atoms with Crippen molar-refractivity contribution in [2.75, 3.05) is 0 Å². The van der Waals surface area contributed by atoms with E-state index in [0.717, 1.165) is 0 Å². The van der Waals surface area contributed by atoms with Crippen molar-refractivity contribution in [2.24, 2.45) is 0 Å². The van der Waals surface area contributed by atoms with Gasteiger partial charge in [0.1, 0.15) is 5.75 Å². The first-order chi connectivity index (χ1) is 8.19. The first-order valence-electron chi connectivity index (χ1n) is 4.88. The highest BCUT2D eigenvalue weighted by molar-refractivity contribution is 9.10. The summed E-state index contributed by atoms with van der Waals surface area (Å²) < 4.78 is 19.3. The molecule has 2 rings (SSSR count). The Morgan fingerprint density at radius 1 is 1.35 bits per heavy atom. The van der Waals surface area contributed by atoms with Crippen LogP contribution in [0, 0.1) is 5.82 Å². The molecule has 0 atom stereocenters. The van der Waals surface area contributed by atoms with E-state index in [-0.39, 0.29) is 12.5 Å². The Morgan fingerprint density at radius 2 is 2.18 bits per heavy atom. The molecule has 1 aromatic carbocycles. The van der Waals surface area contributed by atoms with Crippen molar-refractivity contribution in [1.82, 2.24) is 4.98 Å². The summed E-state index contributed by atoms with van der Waals surface area (Å²) in [6.45, 7) is -0.0898. The maximum absolute atomic E-state index is 13.5. The third kappa shape index (κ3) is 3.01. The number of pyridine rings is 1. The molecule has 0 fully saturated rings. The van der Waals surface area contributed by atoms with Gasteiger partial charge in [-0.05, 0) is 39.7 Å². The van der Waals surface area contributed by atoms with Gasteiger partial charge in [0.15, 0.2) is 5.82 Å². The van der Waals surface area contributed by atoms with Crippen molar-refractivity contribution >= 4 is 15.9 Å². The predicted molar refractivity (Wildman–Crippen MR) is 64.3 cm³/mol. The van der Waals surface area contributed by atoms with Crippen LogP contribution in [0.1, 0.15) is 5.56 Å². The SMILES string of the molecule is OCc1cccc(Oc2ncc(Br)cc2F)c1. The zero-order chi connectivity index (χ0) is 12.3. The molecule has 17 heavy (non-hydrogen) atoms. The van der Waals surface area contributed by atoms with E-state index in [1.54, 1.807) is 24.3 Å². The number of hydrogen-bond acceptors (Lipinski definition) is 3. The lowest BCUT2D eigenvalue weighted by Crippen LogP contribution is -1.93. The lowest BCUT2D eigenvalue weighted by Gasteiger charge is -2.06. The van der Waals surface area contributed by atoms with E-state index in [4.69, 9.17) is 9.84 Å². The molecule has 0 unspecified atom stereocenters. The number of benzene rings is 1. The number of halogens is 2. The summed E-state index contributed by atoms with van der Waals surface area (Å²) in [5, 5.41) is 8.97. The summed E-state index contributed by atoms with van der Waals surface area (Å²) in [6, 6.07) is 8.04. The largest absolute Gasteiger partial charge is 0.436 e. The fraction of sp³-hybridized carbons (Fsp3) is 0.0833. The molecule has 0 radical (unpaired) electrons. The van der Waals surface area contributed by atoms with Gasteiger partial charge in [-0.3, -0.25) is 0 Å². The van der Waals surface area contributed by atoms with Gasteiger partial charge in [0, 0.05) is 10.7 Å². The van der Waals surface area contributed by atoms with Crippen LogP contribution in [0.3, 0.4) is 0 Å². The van der Waals surface area contributed by atoms with Crippen molar-refractivity contribution in [1.29, 1.82) is 0 Å². The van der Waals surface area contributed by atoms with E-state index in [2.05, 4.69) is 20.9 Å². The first kappa shape index (κ1) is 12.0. The van der Waals surface area contributed by atoms with E-state index in [9.17, 15) is 4.39 Å². The average Bonchev–Trinajstić information content (AvgIpc) is 2.33. The van der Waals surface area contributed by atoms with Crippen molar-refractivity contribution < 1.29 is 14.2 Å². The van der Waals surface area contributed by atoms with Crippen LogP contribution in [0.4, 0.5) is 4.39 Å². The smallest absolute Gasteiger partial charge is 0.255 e. The third-order valence-electron chi connectivity index (χ3n) is 2.07. The van der Waals surface area contributed by atoms with Gasteiger partial charge in [0.2, 0.25) is 0 Å². The molecule has 88 valence electrons. The maximum Gasteiger partial charge on any atom is 0.255 e. The molecule has 0 saturated carbocycles. The monoisotopic (exact) mass is 297 g/mol. The first-order valence-corrected chi connectivity index (χ1v) is 5.67. The van der Waals surface area contributed by atoms with Crippen molar-refractivity contribution in [3.63, 3.8) is 0 Å². The van der Waals surface area contributed by atoms with Gasteiger partial charge in [0.25, 0.3) is 5.88 Å². The third-order valence-corrected chi connectivity index (χ3v) is 2.50. The topological polar surface area (TPSA) is 42.4 Å². The minimum absolute atomic E-state index is 0.0898. The lowest BCUT2D eigenvalue weighted by atomic mass is 10.2. The molecular weight excluding hydrogens is 289 g/mol. The van der Waals surface area contributed by atoms with Crippen LogP contribution in [0.2, 0.25) is 0 Å². The lowest BCUT2D eigenvalue weighted by molar-refractivity contribution is 0.281. The fourth-order valence-electron chi connectivity index (χ4n) is 1.30. The van der Waals surface area contributed by atoms with Gasteiger partial charge >= 0.3 is 0 Å². The fourth-order valence-corrected chi connectivity index (χ4v) is 1.60. The number of rotatable bonds is 3. The van der Waals surface area contributed by atoms with Gasteiger partial charge in [-0.25, -0.2) is 9.37 Å². The van der Waals surface area contributed by atoms with Crippen LogP contribution in [0.5, 0.6) is 11.6 Å². The van der Waals surface area contributed by atoms with Crippen LogP contribution >= 0.6 is 15.9 Å². The average molecular weight is 298 g/mol. The van der Waals surface area contributed by atoms with Crippen LogP contribution in [-0.2, 0) is 6.61 Å². The van der Waals surface area contributed by atoms with Crippen LogP contribution in [0.15, 0.2) is 41.0 Å². The van der Waals surface area contributed by atoms with Gasteiger partial charge in [-0.15, -0.1) is 0 Å². The molecule has 1 N–H and O–H groups in total.